The van der Waals surface area contributed by atoms with Crippen molar-refractivity contribution in [3.05, 3.63) is 41.3 Å². The van der Waals surface area contributed by atoms with Crippen molar-refractivity contribution >= 4 is 0 Å². The van der Waals surface area contributed by atoms with Crippen molar-refractivity contribution in [3.63, 3.8) is 0 Å². The summed E-state index contributed by atoms with van der Waals surface area (Å²) < 4.78 is 20.5. The normalized spacial score (nSPS) is 10.7. The van der Waals surface area contributed by atoms with Gasteiger partial charge < -0.3 is 14.4 Å². The minimum atomic E-state index is -0.310. The van der Waals surface area contributed by atoms with Crippen LogP contribution in [0.1, 0.15) is 11.3 Å². The first-order valence-electron chi connectivity index (χ1n) is 5.68. The summed E-state index contributed by atoms with van der Waals surface area (Å²) in [6, 6.07) is 6.26. The van der Waals surface area contributed by atoms with Gasteiger partial charge in [-0.1, -0.05) is 0 Å². The van der Waals surface area contributed by atoms with Crippen LogP contribution in [0.3, 0.4) is 0 Å². The molecule has 0 radical (unpaired) electrons. The predicted octanol–water partition coefficient (Wildman–Crippen LogP) is 2.64. The molecule has 18 heavy (non-hydrogen) atoms. The minimum absolute atomic E-state index is 0.0305. The van der Waals surface area contributed by atoms with Crippen molar-refractivity contribution in [2.24, 2.45) is 7.05 Å². The maximum absolute atomic E-state index is 13.4. The molecular formula is C14H16FNO2. The first-order chi connectivity index (χ1) is 8.58. The van der Waals surface area contributed by atoms with E-state index in [1.165, 1.54) is 12.1 Å². The molecule has 0 fully saturated rings. The van der Waals surface area contributed by atoms with E-state index in [-0.39, 0.29) is 12.4 Å². The highest BCUT2D eigenvalue weighted by Crippen LogP contribution is 2.33. The zero-order chi connectivity index (χ0) is 13.3. The van der Waals surface area contributed by atoms with Crippen LogP contribution < -0.4 is 4.74 Å². The van der Waals surface area contributed by atoms with E-state index < -0.39 is 0 Å². The molecule has 96 valence electrons. The highest BCUT2D eigenvalue weighted by atomic mass is 19.1. The van der Waals surface area contributed by atoms with Gasteiger partial charge in [0.25, 0.3) is 0 Å². The van der Waals surface area contributed by atoms with E-state index in [2.05, 4.69) is 0 Å². The van der Waals surface area contributed by atoms with E-state index in [1.807, 2.05) is 24.6 Å². The van der Waals surface area contributed by atoms with Crippen LogP contribution in [-0.2, 0) is 13.7 Å². The Bertz CT molecular complexity index is 575. The van der Waals surface area contributed by atoms with Crippen LogP contribution in [0.15, 0.2) is 24.3 Å². The first kappa shape index (κ1) is 12.6. The summed E-state index contributed by atoms with van der Waals surface area (Å²) in [7, 11) is 3.44. The van der Waals surface area contributed by atoms with Crippen LogP contribution in [-0.4, -0.2) is 16.8 Å². The monoisotopic (exact) mass is 249 g/mol. The third-order valence-corrected chi connectivity index (χ3v) is 3.25. The second-order valence-electron chi connectivity index (χ2n) is 4.20. The molecule has 1 aromatic carbocycles. The summed E-state index contributed by atoms with van der Waals surface area (Å²) in [6.45, 7) is 1.89. The highest BCUT2D eigenvalue weighted by Gasteiger charge is 2.14. The van der Waals surface area contributed by atoms with Gasteiger partial charge in [-0.25, -0.2) is 4.39 Å². The molecule has 0 saturated carbocycles. The lowest BCUT2D eigenvalue weighted by atomic mass is 10.1. The molecule has 0 aliphatic rings. The Hall–Kier alpha value is -1.81. The summed E-state index contributed by atoms with van der Waals surface area (Å²) in [5.74, 6) is 0.302. The maximum atomic E-state index is 13.4. The molecule has 1 N–H and O–H groups in total. The molecule has 0 unspecified atom stereocenters. The molecule has 2 aromatic rings. The van der Waals surface area contributed by atoms with Crippen LogP contribution in [0, 0.1) is 12.7 Å². The first-order valence-corrected chi connectivity index (χ1v) is 5.68. The van der Waals surface area contributed by atoms with E-state index in [0.717, 1.165) is 17.0 Å². The highest BCUT2D eigenvalue weighted by molar-refractivity contribution is 5.69. The summed E-state index contributed by atoms with van der Waals surface area (Å²) in [6.07, 6.45) is 0. The molecule has 0 spiro atoms. The molecule has 1 heterocycles. The second kappa shape index (κ2) is 4.82. The zero-order valence-corrected chi connectivity index (χ0v) is 10.7. The number of halogens is 1. The average molecular weight is 249 g/mol. The summed E-state index contributed by atoms with van der Waals surface area (Å²) in [4.78, 5) is 0. The quantitative estimate of drug-likeness (QED) is 0.907. The van der Waals surface area contributed by atoms with Crippen LogP contribution in [0.5, 0.6) is 5.75 Å². The molecule has 2 rings (SSSR count). The van der Waals surface area contributed by atoms with Crippen molar-refractivity contribution in [2.45, 2.75) is 13.5 Å². The van der Waals surface area contributed by atoms with Gasteiger partial charge in [-0.2, -0.15) is 0 Å². The Labute approximate surface area is 105 Å². The SMILES string of the molecule is COc1ccc(F)cc1-c1cc(CO)c(C)n1C. The third kappa shape index (κ3) is 1.99. The van der Waals surface area contributed by atoms with Gasteiger partial charge >= 0.3 is 0 Å². The second-order valence-corrected chi connectivity index (χ2v) is 4.20. The van der Waals surface area contributed by atoms with E-state index in [0.29, 0.717) is 11.3 Å². The van der Waals surface area contributed by atoms with Gasteiger partial charge in [0.2, 0.25) is 0 Å². The Morgan fingerprint density at radius 2 is 2.06 bits per heavy atom. The van der Waals surface area contributed by atoms with E-state index in [9.17, 15) is 9.50 Å². The van der Waals surface area contributed by atoms with Crippen molar-refractivity contribution in [1.82, 2.24) is 4.57 Å². The predicted molar refractivity (Wildman–Crippen MR) is 68.0 cm³/mol. The molecule has 0 bridgehead atoms. The van der Waals surface area contributed by atoms with Gasteiger partial charge in [-0.05, 0) is 36.8 Å². The number of aliphatic hydroxyl groups is 1. The lowest BCUT2D eigenvalue weighted by Crippen LogP contribution is -1.97. The molecule has 0 amide bonds. The van der Waals surface area contributed by atoms with E-state index >= 15 is 0 Å². The number of methoxy groups -OCH3 is 1. The fraction of sp³-hybridized carbons (Fsp3) is 0.286. The number of nitrogens with zero attached hydrogens (tertiary/aromatic N) is 1. The lowest BCUT2D eigenvalue weighted by molar-refractivity contribution is 0.281. The van der Waals surface area contributed by atoms with Crippen LogP contribution in [0.25, 0.3) is 11.3 Å². The van der Waals surface area contributed by atoms with Crippen molar-refractivity contribution in [3.8, 4) is 17.0 Å². The molecule has 3 nitrogen and oxygen atoms in total. The zero-order valence-electron chi connectivity index (χ0n) is 10.7. The fourth-order valence-electron chi connectivity index (χ4n) is 2.06. The van der Waals surface area contributed by atoms with Crippen molar-refractivity contribution < 1.29 is 14.2 Å². The number of rotatable bonds is 3. The summed E-state index contributed by atoms with van der Waals surface area (Å²) >= 11 is 0. The Morgan fingerprint density at radius 1 is 1.33 bits per heavy atom. The molecule has 1 aromatic heterocycles. The molecule has 0 aliphatic carbocycles. The molecule has 4 heteroatoms. The van der Waals surface area contributed by atoms with Gasteiger partial charge in [-0.3, -0.25) is 0 Å². The molecule has 0 atom stereocenters. The number of hydrogen-bond acceptors (Lipinski definition) is 2. The summed E-state index contributed by atoms with van der Waals surface area (Å²) in [5.41, 5.74) is 3.30. The van der Waals surface area contributed by atoms with E-state index in [1.54, 1.807) is 13.2 Å². The Kier molecular flexibility index (Phi) is 3.39. The van der Waals surface area contributed by atoms with Gasteiger partial charge in [0.15, 0.2) is 0 Å². The number of aromatic nitrogens is 1. The number of aliphatic hydroxyl groups excluding tert-OH is 1. The fourth-order valence-corrected chi connectivity index (χ4v) is 2.06. The van der Waals surface area contributed by atoms with Gasteiger partial charge in [0.05, 0.1) is 19.4 Å². The largest absolute Gasteiger partial charge is 0.496 e. The third-order valence-electron chi connectivity index (χ3n) is 3.25. The van der Waals surface area contributed by atoms with Gasteiger partial charge in [0, 0.05) is 18.3 Å². The molecular weight excluding hydrogens is 233 g/mol. The molecule has 0 aliphatic heterocycles. The Morgan fingerprint density at radius 3 is 2.61 bits per heavy atom. The maximum Gasteiger partial charge on any atom is 0.128 e. The van der Waals surface area contributed by atoms with Crippen LogP contribution in [0.2, 0.25) is 0 Å². The van der Waals surface area contributed by atoms with E-state index in [4.69, 9.17) is 4.74 Å². The van der Waals surface area contributed by atoms with Gasteiger partial charge in [0.1, 0.15) is 11.6 Å². The smallest absolute Gasteiger partial charge is 0.128 e. The standard InChI is InChI=1S/C14H16FNO2/c1-9-10(8-17)6-13(16(9)2)12-7-11(15)4-5-14(12)18-3/h4-7,17H,8H2,1-3H3. The van der Waals surface area contributed by atoms with Crippen LogP contribution in [0.4, 0.5) is 4.39 Å². The van der Waals surface area contributed by atoms with Crippen molar-refractivity contribution in [1.29, 1.82) is 0 Å². The number of ether oxygens (including phenoxy) is 1. The lowest BCUT2D eigenvalue weighted by Gasteiger charge is -2.10. The summed E-state index contributed by atoms with van der Waals surface area (Å²) in [5, 5.41) is 9.27. The minimum Gasteiger partial charge on any atom is -0.496 e. The topological polar surface area (TPSA) is 34.4 Å². The Balaban J connectivity index is 2.64. The number of benzene rings is 1. The van der Waals surface area contributed by atoms with Crippen molar-refractivity contribution in [2.75, 3.05) is 7.11 Å². The molecule has 0 saturated heterocycles. The average Bonchev–Trinajstić information content (AvgIpc) is 2.66. The van der Waals surface area contributed by atoms with Crippen LogP contribution >= 0.6 is 0 Å². The van der Waals surface area contributed by atoms with Gasteiger partial charge in [-0.15, -0.1) is 0 Å². The number of hydrogen-bond donors (Lipinski definition) is 1.